The van der Waals surface area contributed by atoms with E-state index in [9.17, 15) is 18.3 Å². The van der Waals surface area contributed by atoms with Gasteiger partial charge in [-0.3, -0.25) is 4.79 Å². The highest BCUT2D eigenvalue weighted by Crippen LogP contribution is 2.41. The van der Waals surface area contributed by atoms with E-state index < -0.39 is 28.0 Å². The third kappa shape index (κ3) is 4.57. The second-order valence-corrected chi connectivity index (χ2v) is 10.6. The Kier molecular flexibility index (Phi) is 6.23. The van der Waals surface area contributed by atoms with Gasteiger partial charge in [0.1, 0.15) is 6.04 Å². The number of fused-ring (bicyclic) bond motifs is 2. The molecule has 0 aromatic heterocycles. The largest absolute Gasteiger partial charge is 0.480 e. The van der Waals surface area contributed by atoms with E-state index in [0.717, 1.165) is 5.56 Å². The number of nitrogens with one attached hydrogen (secondary N) is 1. The quantitative estimate of drug-likeness (QED) is 0.468. The molecule has 36 heavy (non-hydrogen) atoms. The molecule has 2 aliphatic heterocycles. The summed E-state index contributed by atoms with van der Waals surface area (Å²) in [7, 11) is -4.17. The van der Waals surface area contributed by atoms with Crippen molar-refractivity contribution in [2.75, 3.05) is 13.6 Å². The van der Waals surface area contributed by atoms with Crippen LogP contribution in [0.4, 0.5) is 0 Å². The lowest BCUT2D eigenvalue weighted by atomic mass is 9.85. The number of aliphatic carboxylic acids is 1. The molecule has 5 rings (SSSR count). The average molecular weight is 512 g/mol. The number of benzene rings is 3. The summed E-state index contributed by atoms with van der Waals surface area (Å²) in [4.78, 5) is 12.5. The molecule has 10 heteroatoms. The van der Waals surface area contributed by atoms with Crippen molar-refractivity contribution in [3.05, 3.63) is 77.4 Å². The molecular formula is C26H25NO8S. The maximum absolute atomic E-state index is 13.3. The van der Waals surface area contributed by atoms with Gasteiger partial charge in [0.05, 0.1) is 4.90 Å². The maximum atomic E-state index is 13.3. The summed E-state index contributed by atoms with van der Waals surface area (Å²) in [5.41, 5.74) is 2.04. The monoisotopic (exact) mass is 511 g/mol. The predicted molar refractivity (Wildman–Crippen MR) is 129 cm³/mol. The van der Waals surface area contributed by atoms with Crippen LogP contribution in [0.3, 0.4) is 0 Å². The fraction of sp³-hybridized carbons (Fsp3) is 0.269. The van der Waals surface area contributed by atoms with E-state index >= 15 is 0 Å². The molecule has 0 aliphatic carbocycles. The summed E-state index contributed by atoms with van der Waals surface area (Å²) >= 11 is 0. The molecule has 1 unspecified atom stereocenters. The van der Waals surface area contributed by atoms with Crippen molar-refractivity contribution < 1.29 is 37.3 Å². The molecule has 2 aliphatic rings. The Bertz CT molecular complexity index is 1340. The standard InChI is InChI=1S/C26H25NO8S/c1-15(2)16-3-7-19(8-4-16)36(30,31)27-25(26(28)29)24(17-5-9-20-22(11-17)34-13-32-20)18-6-10-21-23(12-18)35-14-33-21/h3-12,15,24-25,27H,13-14H2,1-2H3,(H,28,29). The molecule has 3 aromatic rings. The van der Waals surface area contributed by atoms with Crippen LogP contribution in [0.1, 0.15) is 42.4 Å². The number of carboxylic acids is 1. The van der Waals surface area contributed by atoms with Crippen molar-refractivity contribution in [2.24, 2.45) is 0 Å². The number of carboxylic acid groups (broad SMARTS) is 1. The molecule has 0 radical (unpaired) electrons. The van der Waals surface area contributed by atoms with Gasteiger partial charge in [-0.15, -0.1) is 0 Å². The third-order valence-electron chi connectivity index (χ3n) is 6.25. The molecule has 2 N–H and O–H groups in total. The van der Waals surface area contributed by atoms with Crippen molar-refractivity contribution in [3.63, 3.8) is 0 Å². The van der Waals surface area contributed by atoms with Gasteiger partial charge in [-0.05, 0) is 59.0 Å². The van der Waals surface area contributed by atoms with Gasteiger partial charge >= 0.3 is 5.97 Å². The van der Waals surface area contributed by atoms with Gasteiger partial charge in [0.2, 0.25) is 23.6 Å². The molecule has 1 atom stereocenters. The Morgan fingerprint density at radius 3 is 1.72 bits per heavy atom. The molecule has 0 fully saturated rings. The van der Waals surface area contributed by atoms with Gasteiger partial charge in [0.15, 0.2) is 23.0 Å². The van der Waals surface area contributed by atoms with Gasteiger partial charge in [-0.2, -0.15) is 4.72 Å². The van der Waals surface area contributed by atoms with Crippen LogP contribution in [0.15, 0.2) is 65.6 Å². The number of hydrogen-bond donors (Lipinski definition) is 2. The molecular weight excluding hydrogens is 486 g/mol. The molecule has 9 nitrogen and oxygen atoms in total. The zero-order valence-electron chi connectivity index (χ0n) is 19.6. The molecule has 188 valence electrons. The van der Waals surface area contributed by atoms with Crippen LogP contribution < -0.4 is 23.7 Å². The zero-order valence-corrected chi connectivity index (χ0v) is 20.4. The zero-order chi connectivity index (χ0) is 25.4. The van der Waals surface area contributed by atoms with Gasteiger partial charge < -0.3 is 24.1 Å². The topological polar surface area (TPSA) is 120 Å². The molecule has 0 saturated carbocycles. The lowest BCUT2D eigenvalue weighted by molar-refractivity contribution is -0.139. The first kappa shape index (κ1) is 24.0. The average Bonchev–Trinajstić information content (AvgIpc) is 3.52. The highest BCUT2D eigenvalue weighted by Gasteiger charge is 2.36. The lowest BCUT2D eigenvalue weighted by Crippen LogP contribution is -2.45. The number of sulfonamides is 1. The van der Waals surface area contributed by atoms with E-state index in [-0.39, 0.29) is 24.4 Å². The lowest BCUT2D eigenvalue weighted by Gasteiger charge is -2.26. The predicted octanol–water partition coefficient (Wildman–Crippen LogP) is 3.83. The molecule has 0 spiro atoms. The van der Waals surface area contributed by atoms with Crippen molar-refractivity contribution >= 4 is 16.0 Å². The molecule has 2 heterocycles. The van der Waals surface area contributed by atoms with Gasteiger partial charge in [0, 0.05) is 5.92 Å². The van der Waals surface area contributed by atoms with Crippen LogP contribution in [-0.4, -0.2) is 39.1 Å². The molecule has 0 bridgehead atoms. The van der Waals surface area contributed by atoms with Gasteiger partial charge in [-0.1, -0.05) is 38.1 Å². The summed E-state index contributed by atoms with van der Waals surface area (Å²) in [5, 5.41) is 10.2. The third-order valence-corrected chi connectivity index (χ3v) is 7.71. The van der Waals surface area contributed by atoms with Crippen LogP contribution in [0.25, 0.3) is 0 Å². The second kappa shape index (κ2) is 9.36. The fourth-order valence-electron chi connectivity index (χ4n) is 4.32. The summed E-state index contributed by atoms with van der Waals surface area (Å²) in [6.45, 7) is 4.11. The van der Waals surface area contributed by atoms with Gasteiger partial charge in [-0.25, -0.2) is 8.42 Å². The molecule has 0 amide bonds. The fourth-order valence-corrected chi connectivity index (χ4v) is 5.52. The van der Waals surface area contributed by atoms with E-state index in [4.69, 9.17) is 18.9 Å². The van der Waals surface area contributed by atoms with Crippen LogP contribution >= 0.6 is 0 Å². The number of carbonyl (C=O) groups is 1. The first-order valence-electron chi connectivity index (χ1n) is 11.4. The Morgan fingerprint density at radius 2 is 1.25 bits per heavy atom. The summed E-state index contributed by atoms with van der Waals surface area (Å²) in [6.07, 6.45) is 0. The Morgan fingerprint density at radius 1 is 0.778 bits per heavy atom. The van der Waals surface area contributed by atoms with Crippen molar-refractivity contribution in [2.45, 2.75) is 36.6 Å². The van der Waals surface area contributed by atoms with Gasteiger partial charge in [0.25, 0.3) is 0 Å². The Hall–Kier alpha value is -3.76. The van der Waals surface area contributed by atoms with Crippen molar-refractivity contribution in [1.29, 1.82) is 0 Å². The maximum Gasteiger partial charge on any atom is 0.322 e. The Balaban J connectivity index is 1.56. The van der Waals surface area contributed by atoms with E-state index in [1.54, 1.807) is 48.5 Å². The van der Waals surface area contributed by atoms with Crippen molar-refractivity contribution in [3.8, 4) is 23.0 Å². The van der Waals surface area contributed by atoms with Crippen molar-refractivity contribution in [1.82, 2.24) is 4.72 Å². The molecule has 0 saturated heterocycles. The first-order valence-corrected chi connectivity index (χ1v) is 12.9. The minimum Gasteiger partial charge on any atom is -0.480 e. The minimum atomic E-state index is -4.17. The second-order valence-electron chi connectivity index (χ2n) is 8.86. The van der Waals surface area contributed by atoms with Crippen LogP contribution in [0.2, 0.25) is 0 Å². The number of ether oxygens (including phenoxy) is 4. The van der Waals surface area contributed by atoms with E-state index in [2.05, 4.69) is 4.72 Å². The smallest absolute Gasteiger partial charge is 0.322 e. The molecule has 3 aromatic carbocycles. The van der Waals surface area contributed by atoms with Crippen LogP contribution in [0, 0.1) is 0 Å². The van der Waals surface area contributed by atoms with E-state index in [0.29, 0.717) is 34.1 Å². The van der Waals surface area contributed by atoms with Crippen LogP contribution in [-0.2, 0) is 14.8 Å². The van der Waals surface area contributed by atoms with Crippen LogP contribution in [0.5, 0.6) is 23.0 Å². The highest BCUT2D eigenvalue weighted by atomic mass is 32.2. The summed E-state index contributed by atoms with van der Waals surface area (Å²) in [5.74, 6) is -0.0670. The Labute approximate surface area is 208 Å². The number of rotatable bonds is 8. The van der Waals surface area contributed by atoms with E-state index in [1.807, 2.05) is 13.8 Å². The minimum absolute atomic E-state index is 0.0201. The SMILES string of the molecule is CC(C)c1ccc(S(=O)(=O)NC(C(=O)O)C(c2ccc3c(c2)OCO3)c2ccc3c(c2)OCO3)cc1. The summed E-state index contributed by atoms with van der Waals surface area (Å²) in [6, 6.07) is 14.9. The number of hydrogen-bond acceptors (Lipinski definition) is 7. The first-order chi connectivity index (χ1) is 17.2. The highest BCUT2D eigenvalue weighted by molar-refractivity contribution is 7.89. The van der Waals surface area contributed by atoms with E-state index in [1.165, 1.54) is 12.1 Å². The normalized spacial score (nSPS) is 14.9. The summed E-state index contributed by atoms with van der Waals surface area (Å²) < 4.78 is 50.8.